The van der Waals surface area contributed by atoms with Crippen molar-refractivity contribution in [3.8, 4) is 0 Å². The molecule has 0 spiro atoms. The van der Waals surface area contributed by atoms with Crippen molar-refractivity contribution in [1.82, 2.24) is 0 Å². The van der Waals surface area contributed by atoms with Gasteiger partial charge in [0.15, 0.2) is 0 Å². The van der Waals surface area contributed by atoms with E-state index in [1.165, 1.54) is 11.1 Å². The van der Waals surface area contributed by atoms with Gasteiger partial charge in [0, 0.05) is 6.42 Å². The standard InChI is InChI=1S/C9H16O2/c1-7(2)8(3)5-9(4)11-6-10/h6,9H,5H2,1-4H3. The normalized spacial score (nSPS) is 12.0. The van der Waals surface area contributed by atoms with Gasteiger partial charge in [0.1, 0.15) is 6.10 Å². The van der Waals surface area contributed by atoms with Crippen molar-refractivity contribution in [3.05, 3.63) is 11.1 Å². The molecule has 0 heterocycles. The van der Waals surface area contributed by atoms with Gasteiger partial charge in [0.05, 0.1) is 0 Å². The summed E-state index contributed by atoms with van der Waals surface area (Å²) in [5.74, 6) is 0. The summed E-state index contributed by atoms with van der Waals surface area (Å²) in [6.07, 6.45) is 0.837. The van der Waals surface area contributed by atoms with Crippen LogP contribution in [0.15, 0.2) is 11.1 Å². The molecule has 0 saturated carbocycles. The smallest absolute Gasteiger partial charge is 0.293 e. The fraction of sp³-hybridized carbons (Fsp3) is 0.667. The lowest BCUT2D eigenvalue weighted by molar-refractivity contribution is -0.132. The van der Waals surface area contributed by atoms with Gasteiger partial charge < -0.3 is 4.74 Å². The van der Waals surface area contributed by atoms with Crippen LogP contribution in [0.25, 0.3) is 0 Å². The zero-order valence-electron chi connectivity index (χ0n) is 7.68. The zero-order chi connectivity index (χ0) is 8.85. The Hall–Kier alpha value is -0.790. The van der Waals surface area contributed by atoms with Gasteiger partial charge in [-0.1, -0.05) is 11.1 Å². The second-order valence-electron chi connectivity index (χ2n) is 3.03. The SMILES string of the molecule is CC(C)=C(C)CC(C)OC=O. The Balaban J connectivity index is 3.84. The largest absolute Gasteiger partial charge is 0.465 e. The first-order valence-corrected chi connectivity index (χ1v) is 3.80. The molecule has 0 fully saturated rings. The molecule has 11 heavy (non-hydrogen) atoms. The third-order valence-electron chi connectivity index (χ3n) is 1.74. The van der Waals surface area contributed by atoms with Crippen LogP contribution in [0, 0.1) is 0 Å². The van der Waals surface area contributed by atoms with E-state index in [4.69, 9.17) is 4.74 Å². The fourth-order valence-corrected chi connectivity index (χ4v) is 0.778. The van der Waals surface area contributed by atoms with Crippen molar-refractivity contribution in [2.45, 2.75) is 40.2 Å². The predicted octanol–water partition coefficient (Wildman–Crippen LogP) is 2.29. The molecule has 0 aliphatic carbocycles. The topological polar surface area (TPSA) is 26.3 Å². The molecule has 0 aliphatic heterocycles. The first-order valence-electron chi connectivity index (χ1n) is 3.80. The number of hydrogen-bond donors (Lipinski definition) is 0. The first kappa shape index (κ1) is 10.2. The maximum Gasteiger partial charge on any atom is 0.293 e. The maximum absolute atomic E-state index is 9.93. The summed E-state index contributed by atoms with van der Waals surface area (Å²) >= 11 is 0. The minimum absolute atomic E-state index is 0.00222. The van der Waals surface area contributed by atoms with Crippen molar-refractivity contribution in [3.63, 3.8) is 0 Å². The summed E-state index contributed by atoms with van der Waals surface area (Å²) in [6, 6.07) is 0. The molecule has 0 aromatic rings. The number of ether oxygens (including phenoxy) is 1. The van der Waals surface area contributed by atoms with Crippen molar-refractivity contribution >= 4 is 6.47 Å². The summed E-state index contributed by atoms with van der Waals surface area (Å²) < 4.78 is 4.75. The summed E-state index contributed by atoms with van der Waals surface area (Å²) in [7, 11) is 0. The Labute approximate surface area is 68.2 Å². The highest BCUT2D eigenvalue weighted by molar-refractivity contribution is 5.37. The summed E-state index contributed by atoms with van der Waals surface area (Å²) in [5, 5.41) is 0. The van der Waals surface area contributed by atoms with Crippen molar-refractivity contribution < 1.29 is 9.53 Å². The minimum atomic E-state index is 0.00222. The van der Waals surface area contributed by atoms with Crippen LogP contribution in [0.3, 0.4) is 0 Å². The summed E-state index contributed by atoms with van der Waals surface area (Å²) in [4.78, 5) is 9.93. The van der Waals surface area contributed by atoms with Gasteiger partial charge >= 0.3 is 0 Å². The van der Waals surface area contributed by atoms with E-state index in [2.05, 4.69) is 20.8 Å². The Morgan fingerprint density at radius 3 is 2.36 bits per heavy atom. The average molecular weight is 156 g/mol. The second-order valence-corrected chi connectivity index (χ2v) is 3.03. The van der Waals surface area contributed by atoms with Crippen LogP contribution in [0.4, 0.5) is 0 Å². The van der Waals surface area contributed by atoms with E-state index in [0.29, 0.717) is 6.47 Å². The number of carbonyl (C=O) groups excluding carboxylic acids is 1. The number of hydrogen-bond acceptors (Lipinski definition) is 2. The molecule has 0 amide bonds. The molecule has 64 valence electrons. The fourth-order valence-electron chi connectivity index (χ4n) is 0.778. The first-order chi connectivity index (χ1) is 5.07. The molecule has 0 rings (SSSR count). The number of rotatable bonds is 4. The summed E-state index contributed by atoms with van der Waals surface area (Å²) in [6.45, 7) is 8.57. The van der Waals surface area contributed by atoms with Gasteiger partial charge in [-0.05, 0) is 27.7 Å². The highest BCUT2D eigenvalue weighted by Gasteiger charge is 2.02. The average Bonchev–Trinajstić information content (AvgIpc) is 1.87. The molecular weight excluding hydrogens is 140 g/mol. The molecule has 0 bridgehead atoms. The second kappa shape index (κ2) is 4.94. The van der Waals surface area contributed by atoms with Crippen LogP contribution in [-0.2, 0) is 9.53 Å². The Bertz CT molecular complexity index is 155. The van der Waals surface area contributed by atoms with Gasteiger partial charge in [-0.15, -0.1) is 0 Å². The molecule has 2 nitrogen and oxygen atoms in total. The molecule has 1 atom stereocenters. The monoisotopic (exact) mass is 156 g/mol. The quantitative estimate of drug-likeness (QED) is 0.461. The Morgan fingerprint density at radius 1 is 1.45 bits per heavy atom. The Kier molecular flexibility index (Phi) is 4.59. The molecule has 0 radical (unpaired) electrons. The maximum atomic E-state index is 9.93. The molecule has 0 aliphatic rings. The third kappa shape index (κ3) is 4.59. The van der Waals surface area contributed by atoms with E-state index in [9.17, 15) is 4.79 Å². The van der Waals surface area contributed by atoms with Crippen LogP contribution >= 0.6 is 0 Å². The van der Waals surface area contributed by atoms with E-state index in [1.54, 1.807) is 0 Å². The lowest BCUT2D eigenvalue weighted by Gasteiger charge is -2.10. The van der Waals surface area contributed by atoms with Crippen molar-refractivity contribution in [1.29, 1.82) is 0 Å². The van der Waals surface area contributed by atoms with Gasteiger partial charge in [-0.2, -0.15) is 0 Å². The lowest BCUT2D eigenvalue weighted by Crippen LogP contribution is -2.07. The molecule has 0 N–H and O–H groups in total. The third-order valence-corrected chi connectivity index (χ3v) is 1.74. The van der Waals surface area contributed by atoms with Crippen molar-refractivity contribution in [2.75, 3.05) is 0 Å². The minimum Gasteiger partial charge on any atom is -0.465 e. The van der Waals surface area contributed by atoms with Gasteiger partial charge in [0.2, 0.25) is 0 Å². The zero-order valence-corrected chi connectivity index (χ0v) is 7.68. The van der Waals surface area contributed by atoms with Crippen LogP contribution in [0.5, 0.6) is 0 Å². The van der Waals surface area contributed by atoms with Crippen LogP contribution in [0.2, 0.25) is 0 Å². The molecule has 0 aromatic carbocycles. The highest BCUT2D eigenvalue weighted by atomic mass is 16.5. The highest BCUT2D eigenvalue weighted by Crippen LogP contribution is 2.10. The van der Waals surface area contributed by atoms with Crippen LogP contribution in [0.1, 0.15) is 34.1 Å². The van der Waals surface area contributed by atoms with E-state index in [0.717, 1.165) is 6.42 Å². The summed E-state index contributed by atoms with van der Waals surface area (Å²) in [5.41, 5.74) is 2.59. The molecule has 2 heteroatoms. The molecule has 0 saturated heterocycles. The van der Waals surface area contributed by atoms with E-state index in [-0.39, 0.29) is 6.10 Å². The number of allylic oxidation sites excluding steroid dienone is 1. The van der Waals surface area contributed by atoms with Gasteiger partial charge in [0.25, 0.3) is 6.47 Å². The van der Waals surface area contributed by atoms with E-state index in [1.807, 2.05) is 6.92 Å². The molecular formula is C9H16O2. The van der Waals surface area contributed by atoms with Gasteiger partial charge in [-0.3, -0.25) is 4.79 Å². The molecule has 1 unspecified atom stereocenters. The van der Waals surface area contributed by atoms with Crippen molar-refractivity contribution in [2.24, 2.45) is 0 Å². The Morgan fingerprint density at radius 2 is 2.00 bits per heavy atom. The lowest BCUT2D eigenvalue weighted by atomic mass is 10.1. The van der Waals surface area contributed by atoms with E-state index >= 15 is 0 Å². The van der Waals surface area contributed by atoms with E-state index < -0.39 is 0 Å². The molecule has 0 aromatic heterocycles. The predicted molar refractivity (Wildman–Crippen MR) is 45.3 cm³/mol. The van der Waals surface area contributed by atoms with Crippen LogP contribution in [-0.4, -0.2) is 12.6 Å². The van der Waals surface area contributed by atoms with Crippen LogP contribution < -0.4 is 0 Å². The van der Waals surface area contributed by atoms with Gasteiger partial charge in [-0.25, -0.2) is 0 Å². The number of carbonyl (C=O) groups is 1.